The summed E-state index contributed by atoms with van der Waals surface area (Å²) in [5, 5.41) is 4.07. The van der Waals surface area contributed by atoms with Crippen molar-refractivity contribution >= 4 is 0 Å². The van der Waals surface area contributed by atoms with Crippen LogP contribution in [-0.4, -0.2) is 16.7 Å². The first-order valence-corrected chi connectivity index (χ1v) is 5.99. The van der Waals surface area contributed by atoms with Gasteiger partial charge in [0.25, 0.3) is 0 Å². The third-order valence-corrected chi connectivity index (χ3v) is 3.29. The van der Waals surface area contributed by atoms with Crippen LogP contribution in [0.25, 0.3) is 0 Å². The molecule has 1 heterocycles. The van der Waals surface area contributed by atoms with E-state index in [0.29, 0.717) is 24.8 Å². The lowest BCUT2D eigenvalue weighted by Gasteiger charge is -2.05. The molecule has 2 N–H and O–H groups in total. The van der Waals surface area contributed by atoms with Crippen molar-refractivity contribution in [1.82, 2.24) is 10.1 Å². The van der Waals surface area contributed by atoms with Gasteiger partial charge < -0.3 is 10.3 Å². The lowest BCUT2D eigenvalue weighted by atomic mass is 10.0. The number of aromatic nitrogens is 2. The summed E-state index contributed by atoms with van der Waals surface area (Å²) in [7, 11) is 0. The second kappa shape index (κ2) is 4.30. The van der Waals surface area contributed by atoms with Crippen molar-refractivity contribution in [3.8, 4) is 0 Å². The summed E-state index contributed by atoms with van der Waals surface area (Å²) in [5.74, 6) is 1.74. The van der Waals surface area contributed by atoms with Gasteiger partial charge in [-0.3, -0.25) is 0 Å². The maximum Gasteiger partial charge on any atom is 0.227 e. The van der Waals surface area contributed by atoms with Gasteiger partial charge in [0.05, 0.1) is 0 Å². The Labute approximate surface area is 99.8 Å². The van der Waals surface area contributed by atoms with Crippen LogP contribution >= 0.6 is 0 Å². The predicted molar refractivity (Wildman–Crippen MR) is 63.7 cm³/mol. The minimum Gasteiger partial charge on any atom is -0.339 e. The van der Waals surface area contributed by atoms with Crippen LogP contribution < -0.4 is 5.73 Å². The number of aryl methyl sites for hydroxylation is 1. The Hall–Kier alpha value is -1.68. The molecule has 0 aliphatic heterocycles. The summed E-state index contributed by atoms with van der Waals surface area (Å²) in [4.78, 5) is 4.42. The van der Waals surface area contributed by atoms with Crippen LogP contribution in [0.5, 0.6) is 0 Å². The molecule has 1 aliphatic rings. The average Bonchev–Trinajstić information content (AvgIpc) is 2.95. The van der Waals surface area contributed by atoms with E-state index in [0.717, 1.165) is 18.7 Å². The van der Waals surface area contributed by atoms with Crippen molar-refractivity contribution < 1.29 is 4.52 Å². The summed E-state index contributed by atoms with van der Waals surface area (Å²) in [5.41, 5.74) is 8.22. The highest BCUT2D eigenvalue weighted by Gasteiger charge is 2.27. The van der Waals surface area contributed by atoms with E-state index < -0.39 is 0 Å². The van der Waals surface area contributed by atoms with Crippen molar-refractivity contribution in [2.45, 2.75) is 25.2 Å². The largest absolute Gasteiger partial charge is 0.339 e. The molecule has 1 unspecified atom stereocenters. The Morgan fingerprint density at radius 2 is 2.24 bits per heavy atom. The topological polar surface area (TPSA) is 64.9 Å². The molecule has 1 atom stereocenters. The molecule has 0 radical (unpaired) electrons. The van der Waals surface area contributed by atoms with Gasteiger partial charge in [0.15, 0.2) is 5.82 Å². The summed E-state index contributed by atoms with van der Waals surface area (Å²) in [6.45, 7) is 0.545. The number of nitrogens with zero attached hydrogens (tertiary/aromatic N) is 2. The van der Waals surface area contributed by atoms with Crippen molar-refractivity contribution in [2.24, 2.45) is 5.73 Å². The fraction of sp³-hybridized carbons (Fsp3) is 0.385. The Bertz CT molecular complexity index is 521. The van der Waals surface area contributed by atoms with Crippen molar-refractivity contribution in [2.75, 3.05) is 6.54 Å². The SMILES string of the molecule is NCCc1nc(C2CCc3ccccc32)no1. The first-order chi connectivity index (χ1) is 8.38. The van der Waals surface area contributed by atoms with Gasteiger partial charge in [0.2, 0.25) is 5.89 Å². The molecular weight excluding hydrogens is 214 g/mol. The minimum absolute atomic E-state index is 0.293. The van der Waals surface area contributed by atoms with Crippen LogP contribution in [0.1, 0.15) is 35.2 Å². The number of benzene rings is 1. The van der Waals surface area contributed by atoms with Gasteiger partial charge in [-0.1, -0.05) is 29.4 Å². The van der Waals surface area contributed by atoms with E-state index in [-0.39, 0.29) is 0 Å². The summed E-state index contributed by atoms with van der Waals surface area (Å²) in [6.07, 6.45) is 2.82. The normalized spacial score (nSPS) is 18.3. The third-order valence-electron chi connectivity index (χ3n) is 3.29. The predicted octanol–water partition coefficient (Wildman–Crippen LogP) is 1.65. The molecule has 3 rings (SSSR count). The van der Waals surface area contributed by atoms with Crippen LogP contribution in [0.15, 0.2) is 28.8 Å². The Kier molecular flexibility index (Phi) is 2.65. The zero-order chi connectivity index (χ0) is 11.7. The lowest BCUT2D eigenvalue weighted by molar-refractivity contribution is 0.372. The first kappa shape index (κ1) is 10.5. The molecule has 1 aromatic heterocycles. The smallest absolute Gasteiger partial charge is 0.227 e. The van der Waals surface area contributed by atoms with Crippen LogP contribution in [0.3, 0.4) is 0 Å². The second-order valence-electron chi connectivity index (χ2n) is 4.38. The highest BCUT2D eigenvalue weighted by atomic mass is 16.5. The molecule has 17 heavy (non-hydrogen) atoms. The molecule has 0 amide bonds. The highest BCUT2D eigenvalue weighted by molar-refractivity contribution is 5.38. The van der Waals surface area contributed by atoms with E-state index in [4.69, 9.17) is 10.3 Å². The summed E-state index contributed by atoms with van der Waals surface area (Å²) >= 11 is 0. The van der Waals surface area contributed by atoms with Gasteiger partial charge in [0.1, 0.15) is 0 Å². The second-order valence-corrected chi connectivity index (χ2v) is 4.38. The maximum atomic E-state index is 5.47. The van der Waals surface area contributed by atoms with Gasteiger partial charge in [0, 0.05) is 18.9 Å². The third kappa shape index (κ3) is 1.85. The van der Waals surface area contributed by atoms with Crippen LogP contribution in [0, 0.1) is 0 Å². The molecule has 0 spiro atoms. The highest BCUT2D eigenvalue weighted by Crippen LogP contribution is 2.36. The molecule has 4 nitrogen and oxygen atoms in total. The minimum atomic E-state index is 0.293. The Morgan fingerprint density at radius 1 is 1.35 bits per heavy atom. The first-order valence-electron chi connectivity index (χ1n) is 5.99. The van der Waals surface area contributed by atoms with Crippen molar-refractivity contribution in [3.63, 3.8) is 0 Å². The summed E-state index contributed by atoms with van der Waals surface area (Å²) in [6, 6.07) is 8.48. The number of rotatable bonds is 3. The molecule has 4 heteroatoms. The van der Waals surface area contributed by atoms with Gasteiger partial charge in [-0.25, -0.2) is 0 Å². The number of nitrogens with two attached hydrogens (primary N) is 1. The molecule has 88 valence electrons. The molecule has 0 bridgehead atoms. The van der Waals surface area contributed by atoms with Crippen LogP contribution in [-0.2, 0) is 12.8 Å². The lowest BCUT2D eigenvalue weighted by Crippen LogP contribution is -2.03. The molecule has 0 saturated carbocycles. The van der Waals surface area contributed by atoms with E-state index in [1.165, 1.54) is 11.1 Å². The molecule has 2 aromatic rings. The standard InChI is InChI=1S/C13H15N3O/c14-8-7-12-15-13(16-17-12)11-6-5-9-3-1-2-4-10(9)11/h1-4,11H,5-8,14H2. The van der Waals surface area contributed by atoms with Crippen molar-refractivity contribution in [1.29, 1.82) is 0 Å². The number of hydrogen-bond acceptors (Lipinski definition) is 4. The Morgan fingerprint density at radius 3 is 3.12 bits per heavy atom. The average molecular weight is 229 g/mol. The summed E-state index contributed by atoms with van der Waals surface area (Å²) < 4.78 is 5.19. The van der Waals surface area contributed by atoms with E-state index in [2.05, 4.69) is 34.4 Å². The van der Waals surface area contributed by atoms with Gasteiger partial charge in [-0.05, 0) is 24.0 Å². The van der Waals surface area contributed by atoms with E-state index in [9.17, 15) is 0 Å². The fourth-order valence-electron chi connectivity index (χ4n) is 2.46. The zero-order valence-electron chi connectivity index (χ0n) is 9.60. The molecule has 1 aliphatic carbocycles. The van der Waals surface area contributed by atoms with Crippen molar-refractivity contribution in [3.05, 3.63) is 47.1 Å². The molecule has 0 fully saturated rings. The zero-order valence-corrected chi connectivity index (χ0v) is 9.60. The number of fused-ring (bicyclic) bond motifs is 1. The monoisotopic (exact) mass is 229 g/mol. The van der Waals surface area contributed by atoms with Gasteiger partial charge >= 0.3 is 0 Å². The van der Waals surface area contributed by atoms with E-state index in [1.54, 1.807) is 0 Å². The fourth-order valence-corrected chi connectivity index (χ4v) is 2.46. The number of hydrogen-bond donors (Lipinski definition) is 1. The maximum absolute atomic E-state index is 5.47. The molecule has 0 saturated heterocycles. The van der Waals surface area contributed by atoms with Crippen LogP contribution in [0.2, 0.25) is 0 Å². The Balaban J connectivity index is 1.90. The van der Waals surface area contributed by atoms with Gasteiger partial charge in [-0.2, -0.15) is 4.98 Å². The molecule has 1 aromatic carbocycles. The quantitative estimate of drug-likeness (QED) is 0.869. The van der Waals surface area contributed by atoms with E-state index >= 15 is 0 Å². The van der Waals surface area contributed by atoms with Crippen LogP contribution in [0.4, 0.5) is 0 Å². The van der Waals surface area contributed by atoms with Gasteiger partial charge in [-0.15, -0.1) is 0 Å². The molecular formula is C13H15N3O. The van der Waals surface area contributed by atoms with E-state index in [1.807, 2.05) is 0 Å².